The molecule has 1 spiro atoms. The fraction of sp³-hybridized carbons (Fsp3) is 0.733. The number of aromatic nitrogens is 2. The van der Waals surface area contributed by atoms with E-state index in [1.807, 2.05) is 23.6 Å². The third-order valence-electron chi connectivity index (χ3n) is 4.61. The van der Waals surface area contributed by atoms with Crippen LogP contribution < -0.4 is 0 Å². The molecular weight excluding hydrogens is 286 g/mol. The number of hydrogen-bond donors (Lipinski definition) is 1. The minimum absolute atomic E-state index is 0.247. The number of likely N-dealkylation sites (tertiary alicyclic amines) is 1. The van der Waals surface area contributed by atoms with E-state index < -0.39 is 0 Å². The first-order valence-corrected chi connectivity index (χ1v) is 8.76. The number of carbonyl (C=O) groups is 1. The fourth-order valence-corrected chi connectivity index (χ4v) is 4.13. The van der Waals surface area contributed by atoms with Crippen LogP contribution in [0.2, 0.25) is 0 Å². The summed E-state index contributed by atoms with van der Waals surface area (Å²) in [6.07, 6.45) is 4.54. The highest BCUT2D eigenvalue weighted by Gasteiger charge is 2.41. The average molecular weight is 309 g/mol. The van der Waals surface area contributed by atoms with Crippen LogP contribution in [0.15, 0.2) is 6.33 Å². The molecule has 2 aliphatic heterocycles. The zero-order valence-corrected chi connectivity index (χ0v) is 13.4. The third-order valence-corrected chi connectivity index (χ3v) is 5.56. The molecule has 1 amide bonds. The summed E-state index contributed by atoms with van der Waals surface area (Å²) < 4.78 is 5.55. The normalized spacial score (nSPS) is 26.0. The van der Waals surface area contributed by atoms with Crippen molar-refractivity contribution in [2.45, 2.75) is 31.9 Å². The molecule has 2 aliphatic rings. The van der Waals surface area contributed by atoms with Crippen LogP contribution in [0.3, 0.4) is 0 Å². The number of aromatic amines is 1. The quantitative estimate of drug-likeness (QED) is 0.845. The van der Waals surface area contributed by atoms with Crippen LogP contribution in [0.25, 0.3) is 0 Å². The second-order valence-corrected chi connectivity index (χ2v) is 7.25. The molecule has 2 fully saturated rings. The van der Waals surface area contributed by atoms with Crippen molar-refractivity contribution in [1.82, 2.24) is 14.9 Å². The van der Waals surface area contributed by atoms with Crippen molar-refractivity contribution in [3.63, 3.8) is 0 Å². The Hall–Kier alpha value is -1.01. The van der Waals surface area contributed by atoms with Gasteiger partial charge in [0.2, 0.25) is 5.91 Å². The molecule has 0 saturated carbocycles. The number of thioether (sulfide) groups is 1. The highest BCUT2D eigenvalue weighted by Crippen LogP contribution is 2.38. The lowest BCUT2D eigenvalue weighted by Crippen LogP contribution is -2.47. The summed E-state index contributed by atoms with van der Waals surface area (Å²) in [4.78, 5) is 21.5. The van der Waals surface area contributed by atoms with E-state index in [0.717, 1.165) is 62.0 Å². The number of amides is 1. The molecule has 1 aromatic heterocycles. The van der Waals surface area contributed by atoms with E-state index in [1.54, 1.807) is 6.33 Å². The monoisotopic (exact) mass is 309 g/mol. The van der Waals surface area contributed by atoms with E-state index in [4.69, 9.17) is 4.74 Å². The number of nitrogens with one attached hydrogen (secondary N) is 1. The number of carbonyl (C=O) groups excluding carboxylic acids is 1. The Bertz CT molecular complexity index is 497. The predicted molar refractivity (Wildman–Crippen MR) is 83.2 cm³/mol. The van der Waals surface area contributed by atoms with Gasteiger partial charge < -0.3 is 14.6 Å². The van der Waals surface area contributed by atoms with E-state index in [2.05, 4.69) is 9.97 Å². The summed E-state index contributed by atoms with van der Waals surface area (Å²) >= 11 is 1.84. The van der Waals surface area contributed by atoms with Gasteiger partial charge in [-0.2, -0.15) is 11.8 Å². The minimum Gasteiger partial charge on any atom is -0.381 e. The second kappa shape index (κ2) is 6.40. The minimum atomic E-state index is 0.247. The SMILES string of the molecule is Cc1[nH]cnc1CSCCN1C[C@@]2(CCOC2)CCC1=O. The molecule has 0 aromatic carbocycles. The number of ether oxygens (including phenoxy) is 1. The third kappa shape index (κ3) is 3.43. The molecule has 6 heteroatoms. The molecule has 3 heterocycles. The Morgan fingerprint density at radius 3 is 3.14 bits per heavy atom. The molecular formula is C15H23N3O2S. The lowest BCUT2D eigenvalue weighted by molar-refractivity contribution is -0.137. The van der Waals surface area contributed by atoms with Crippen LogP contribution >= 0.6 is 11.8 Å². The second-order valence-electron chi connectivity index (χ2n) is 6.14. The summed E-state index contributed by atoms with van der Waals surface area (Å²) in [6.45, 7) is 5.45. The van der Waals surface area contributed by atoms with Gasteiger partial charge in [-0.15, -0.1) is 0 Å². The molecule has 1 atom stereocenters. The van der Waals surface area contributed by atoms with Crippen LogP contribution in [-0.4, -0.2) is 52.8 Å². The van der Waals surface area contributed by atoms with Crippen LogP contribution in [0.1, 0.15) is 30.7 Å². The van der Waals surface area contributed by atoms with Gasteiger partial charge in [-0.05, 0) is 19.8 Å². The number of imidazole rings is 1. The van der Waals surface area contributed by atoms with Gasteiger partial charge in [0.15, 0.2) is 0 Å². The molecule has 5 nitrogen and oxygen atoms in total. The summed E-state index contributed by atoms with van der Waals surface area (Å²) in [5.74, 6) is 2.18. The smallest absolute Gasteiger partial charge is 0.222 e. The molecule has 2 saturated heterocycles. The number of nitrogens with zero attached hydrogens (tertiary/aromatic N) is 2. The van der Waals surface area contributed by atoms with Gasteiger partial charge >= 0.3 is 0 Å². The first-order valence-electron chi connectivity index (χ1n) is 7.61. The first kappa shape index (κ1) is 14.9. The molecule has 1 aromatic rings. The molecule has 0 radical (unpaired) electrons. The Morgan fingerprint density at radius 2 is 2.43 bits per heavy atom. The van der Waals surface area contributed by atoms with E-state index >= 15 is 0 Å². The zero-order valence-electron chi connectivity index (χ0n) is 12.6. The molecule has 0 bridgehead atoms. The lowest BCUT2D eigenvalue weighted by atomic mass is 9.79. The zero-order chi connectivity index (χ0) is 14.7. The number of aryl methyl sites for hydroxylation is 1. The topological polar surface area (TPSA) is 58.2 Å². The molecule has 3 rings (SSSR count). The Morgan fingerprint density at radius 1 is 1.52 bits per heavy atom. The summed E-state index contributed by atoms with van der Waals surface area (Å²) in [6, 6.07) is 0. The molecule has 116 valence electrons. The highest BCUT2D eigenvalue weighted by molar-refractivity contribution is 7.98. The number of hydrogen-bond acceptors (Lipinski definition) is 4. The van der Waals surface area contributed by atoms with E-state index in [-0.39, 0.29) is 5.41 Å². The summed E-state index contributed by atoms with van der Waals surface area (Å²) in [7, 11) is 0. The van der Waals surface area contributed by atoms with Gasteiger partial charge in [0.1, 0.15) is 0 Å². The average Bonchev–Trinajstić information content (AvgIpc) is 3.09. The van der Waals surface area contributed by atoms with Crippen molar-refractivity contribution in [3.05, 3.63) is 17.7 Å². The molecule has 21 heavy (non-hydrogen) atoms. The van der Waals surface area contributed by atoms with Crippen molar-refractivity contribution in [2.75, 3.05) is 32.1 Å². The summed E-state index contributed by atoms with van der Waals surface area (Å²) in [5.41, 5.74) is 2.50. The van der Waals surface area contributed by atoms with Gasteiger partial charge in [0, 0.05) is 48.7 Å². The lowest BCUT2D eigenvalue weighted by Gasteiger charge is -2.39. The van der Waals surface area contributed by atoms with Crippen LogP contribution in [0.5, 0.6) is 0 Å². The number of piperidine rings is 1. The van der Waals surface area contributed by atoms with E-state index in [9.17, 15) is 4.79 Å². The summed E-state index contributed by atoms with van der Waals surface area (Å²) in [5, 5.41) is 0. The fourth-order valence-electron chi connectivity index (χ4n) is 3.15. The van der Waals surface area contributed by atoms with Gasteiger partial charge in [-0.3, -0.25) is 4.79 Å². The van der Waals surface area contributed by atoms with Gasteiger partial charge in [-0.1, -0.05) is 0 Å². The molecule has 1 N–H and O–H groups in total. The van der Waals surface area contributed by atoms with Crippen molar-refractivity contribution in [3.8, 4) is 0 Å². The maximum Gasteiger partial charge on any atom is 0.222 e. The largest absolute Gasteiger partial charge is 0.381 e. The Kier molecular flexibility index (Phi) is 4.54. The van der Waals surface area contributed by atoms with Crippen molar-refractivity contribution < 1.29 is 9.53 Å². The van der Waals surface area contributed by atoms with Gasteiger partial charge in [0.25, 0.3) is 0 Å². The van der Waals surface area contributed by atoms with Crippen LogP contribution in [-0.2, 0) is 15.3 Å². The Labute approximate surface area is 129 Å². The van der Waals surface area contributed by atoms with E-state index in [0.29, 0.717) is 12.3 Å². The van der Waals surface area contributed by atoms with Gasteiger partial charge in [0.05, 0.1) is 18.6 Å². The first-order chi connectivity index (χ1) is 10.2. The predicted octanol–water partition coefficient (Wildman–Crippen LogP) is 1.98. The van der Waals surface area contributed by atoms with Crippen molar-refractivity contribution in [2.24, 2.45) is 5.41 Å². The standard InChI is InChI=1S/C15H23N3O2S/c1-12-13(17-11-16-12)8-21-7-5-18-9-15(3-2-14(18)19)4-6-20-10-15/h11H,2-10H2,1H3,(H,16,17)/t15-/m0/s1. The van der Waals surface area contributed by atoms with Crippen molar-refractivity contribution >= 4 is 17.7 Å². The maximum atomic E-state index is 12.1. The Balaban J connectivity index is 1.45. The van der Waals surface area contributed by atoms with Gasteiger partial charge in [-0.25, -0.2) is 4.98 Å². The van der Waals surface area contributed by atoms with Crippen LogP contribution in [0.4, 0.5) is 0 Å². The number of rotatable bonds is 5. The molecule has 0 unspecified atom stereocenters. The van der Waals surface area contributed by atoms with E-state index in [1.165, 1.54) is 0 Å². The molecule has 0 aliphatic carbocycles. The number of H-pyrrole nitrogens is 1. The van der Waals surface area contributed by atoms with Crippen LogP contribution in [0, 0.1) is 12.3 Å². The maximum absolute atomic E-state index is 12.1. The highest BCUT2D eigenvalue weighted by atomic mass is 32.2. The van der Waals surface area contributed by atoms with Crippen molar-refractivity contribution in [1.29, 1.82) is 0 Å².